The van der Waals surface area contributed by atoms with Gasteiger partial charge in [-0.05, 0) is 45.0 Å². The summed E-state index contributed by atoms with van der Waals surface area (Å²) >= 11 is 0.915. The first-order chi connectivity index (χ1) is 21.6. The van der Waals surface area contributed by atoms with E-state index in [0.717, 1.165) is 24.2 Å². The Hall–Kier alpha value is -3.80. The molecule has 1 aromatic carbocycles. The lowest BCUT2D eigenvalue weighted by atomic mass is 9.73. The van der Waals surface area contributed by atoms with Crippen LogP contribution in [0, 0.1) is 34.3 Å². The van der Waals surface area contributed by atoms with Crippen molar-refractivity contribution < 1.29 is 22.3 Å². The smallest absolute Gasteiger partial charge is 0.319 e. The summed E-state index contributed by atoms with van der Waals surface area (Å²) in [5, 5.41) is 14.0. The third kappa shape index (κ3) is 5.10. The summed E-state index contributed by atoms with van der Waals surface area (Å²) < 4.78 is 65.8. The fourth-order valence-electron chi connectivity index (χ4n) is 7.32. The maximum Gasteiger partial charge on any atom is 0.319 e. The number of piperazine rings is 1. The van der Waals surface area contributed by atoms with Gasteiger partial charge in [0.2, 0.25) is 6.43 Å². The van der Waals surface area contributed by atoms with Crippen molar-refractivity contribution in [2.45, 2.75) is 44.7 Å². The van der Waals surface area contributed by atoms with E-state index in [2.05, 4.69) is 20.2 Å². The van der Waals surface area contributed by atoms with Gasteiger partial charge in [0.05, 0.1) is 22.3 Å². The number of alkyl halides is 2. The van der Waals surface area contributed by atoms with Crippen molar-refractivity contribution in [2.75, 3.05) is 50.5 Å². The fraction of sp³-hybridized carbons (Fsp3) is 0.484. The third-order valence-electron chi connectivity index (χ3n) is 9.53. The summed E-state index contributed by atoms with van der Waals surface area (Å²) in [6.07, 6.45) is 1.32. The molecule has 4 atom stereocenters. The Morgan fingerprint density at radius 1 is 1.20 bits per heavy atom. The molecule has 2 bridgehead atoms. The van der Waals surface area contributed by atoms with Crippen LogP contribution >= 0.6 is 11.3 Å². The van der Waals surface area contributed by atoms with E-state index in [1.54, 1.807) is 6.92 Å². The maximum absolute atomic E-state index is 16.7. The summed E-state index contributed by atoms with van der Waals surface area (Å²) in [4.78, 5) is 17.7. The fourth-order valence-corrected chi connectivity index (χ4v) is 8.27. The molecule has 9 nitrogen and oxygen atoms in total. The highest BCUT2D eigenvalue weighted by Crippen LogP contribution is 2.43. The Balaban J connectivity index is 1.35. The average Bonchev–Trinajstić information content (AvgIpc) is 3.53. The van der Waals surface area contributed by atoms with Crippen molar-refractivity contribution in [3.05, 3.63) is 35.5 Å². The van der Waals surface area contributed by atoms with E-state index in [-0.39, 0.29) is 62.1 Å². The second kappa shape index (κ2) is 11.2. The SMILES string of the molecule is CN1CC[C@H](C(F)F)[C@](C)(COc2nc(N3C[C@H]4CC[C@@H](C3)N4)c3cnc(-c4ccc(F)c5sc(N)c(C#N)c45)c(F)c3n2)C1. The number of fused-ring (bicyclic) bond motifs is 4. The third-order valence-corrected chi connectivity index (χ3v) is 10.6. The molecule has 0 saturated carbocycles. The molecule has 6 heterocycles. The van der Waals surface area contributed by atoms with E-state index >= 15 is 4.39 Å². The molecule has 0 unspecified atom stereocenters. The number of ether oxygens (including phenoxy) is 1. The van der Waals surface area contributed by atoms with Gasteiger partial charge in [-0.1, -0.05) is 6.92 Å². The number of anilines is 2. The number of aromatic nitrogens is 3. The Bertz CT molecular complexity index is 1830. The molecule has 3 aliphatic heterocycles. The van der Waals surface area contributed by atoms with Crippen LogP contribution in [0.4, 0.5) is 28.4 Å². The number of nitrogen functional groups attached to an aromatic ring is 1. The molecule has 0 spiro atoms. The van der Waals surface area contributed by atoms with Gasteiger partial charge in [0, 0.05) is 60.2 Å². The zero-order chi connectivity index (χ0) is 31.6. The number of pyridine rings is 1. The highest BCUT2D eigenvalue weighted by atomic mass is 32.1. The number of piperidine rings is 1. The number of nitrogens with zero attached hydrogens (tertiary/aromatic N) is 6. The molecule has 0 amide bonds. The van der Waals surface area contributed by atoms with Crippen LogP contribution in [-0.2, 0) is 0 Å². The molecule has 3 aliphatic rings. The molecule has 3 aromatic heterocycles. The van der Waals surface area contributed by atoms with Crippen molar-refractivity contribution in [3.63, 3.8) is 0 Å². The molecule has 236 valence electrons. The lowest BCUT2D eigenvalue weighted by Crippen LogP contribution is -2.51. The van der Waals surface area contributed by atoms with Crippen molar-refractivity contribution in [3.8, 4) is 23.3 Å². The molecule has 7 rings (SSSR count). The number of thiophene rings is 1. The van der Waals surface area contributed by atoms with E-state index in [1.807, 2.05) is 18.0 Å². The molecular formula is C31H32F4N8OS. The minimum absolute atomic E-state index is 0.0498. The second-order valence-electron chi connectivity index (χ2n) is 12.7. The largest absolute Gasteiger partial charge is 0.463 e. The summed E-state index contributed by atoms with van der Waals surface area (Å²) in [6.45, 7) is 3.93. The van der Waals surface area contributed by atoms with Crippen LogP contribution in [0.2, 0.25) is 0 Å². The summed E-state index contributed by atoms with van der Waals surface area (Å²) in [7, 11) is 1.89. The zero-order valence-corrected chi connectivity index (χ0v) is 25.6. The van der Waals surface area contributed by atoms with Gasteiger partial charge in [0.1, 0.15) is 33.9 Å². The highest BCUT2D eigenvalue weighted by molar-refractivity contribution is 7.23. The van der Waals surface area contributed by atoms with Crippen molar-refractivity contribution in [1.29, 1.82) is 5.26 Å². The van der Waals surface area contributed by atoms with Gasteiger partial charge in [-0.2, -0.15) is 15.2 Å². The summed E-state index contributed by atoms with van der Waals surface area (Å²) in [6, 6.07) is 4.95. The average molecular weight is 641 g/mol. The first-order valence-electron chi connectivity index (χ1n) is 14.9. The van der Waals surface area contributed by atoms with E-state index in [1.165, 1.54) is 18.3 Å². The zero-order valence-electron chi connectivity index (χ0n) is 24.8. The van der Waals surface area contributed by atoms with Gasteiger partial charge in [0.15, 0.2) is 5.82 Å². The molecule has 3 saturated heterocycles. The molecule has 0 radical (unpaired) electrons. The topological polar surface area (TPSA) is 116 Å². The van der Waals surface area contributed by atoms with Gasteiger partial charge in [-0.25, -0.2) is 17.6 Å². The monoisotopic (exact) mass is 640 g/mol. The van der Waals surface area contributed by atoms with Crippen LogP contribution in [0.3, 0.4) is 0 Å². The first kappa shape index (κ1) is 29.9. The summed E-state index contributed by atoms with van der Waals surface area (Å²) in [5.41, 5.74) is 5.19. The van der Waals surface area contributed by atoms with Gasteiger partial charge in [-0.15, -0.1) is 11.3 Å². The molecular weight excluding hydrogens is 608 g/mol. The quantitative estimate of drug-likeness (QED) is 0.275. The number of nitriles is 1. The summed E-state index contributed by atoms with van der Waals surface area (Å²) in [5.74, 6) is -1.80. The number of halogens is 4. The molecule has 3 fully saturated rings. The van der Waals surface area contributed by atoms with Crippen LogP contribution in [-0.4, -0.2) is 78.2 Å². The first-order valence-corrected chi connectivity index (χ1v) is 15.8. The molecule has 14 heteroatoms. The number of nitrogens with two attached hydrogens (primary N) is 1. The second-order valence-corrected chi connectivity index (χ2v) is 13.8. The number of nitrogens with one attached hydrogen (secondary N) is 1. The van der Waals surface area contributed by atoms with Crippen LogP contribution in [0.1, 0.15) is 31.7 Å². The molecule has 3 N–H and O–H groups in total. The van der Waals surface area contributed by atoms with Gasteiger partial charge < -0.3 is 25.6 Å². The van der Waals surface area contributed by atoms with Gasteiger partial charge >= 0.3 is 6.01 Å². The van der Waals surface area contributed by atoms with Crippen molar-refractivity contribution in [1.82, 2.24) is 25.2 Å². The number of likely N-dealkylation sites (tertiary alicyclic amines) is 1. The number of hydrogen-bond acceptors (Lipinski definition) is 10. The van der Waals surface area contributed by atoms with Crippen LogP contribution in [0.5, 0.6) is 6.01 Å². The van der Waals surface area contributed by atoms with E-state index < -0.39 is 29.4 Å². The van der Waals surface area contributed by atoms with Crippen LogP contribution in [0.25, 0.3) is 32.2 Å². The normalized spacial score (nSPS) is 25.4. The van der Waals surface area contributed by atoms with Crippen LogP contribution < -0.4 is 20.7 Å². The van der Waals surface area contributed by atoms with E-state index in [4.69, 9.17) is 15.5 Å². The predicted octanol–water partition coefficient (Wildman–Crippen LogP) is 5.18. The Labute approximate surface area is 261 Å². The van der Waals surface area contributed by atoms with Crippen molar-refractivity contribution >= 4 is 43.1 Å². The van der Waals surface area contributed by atoms with Crippen molar-refractivity contribution in [2.24, 2.45) is 11.3 Å². The predicted molar refractivity (Wildman–Crippen MR) is 165 cm³/mol. The van der Waals surface area contributed by atoms with Gasteiger partial charge in [0.25, 0.3) is 0 Å². The maximum atomic E-state index is 16.7. The number of benzene rings is 1. The minimum atomic E-state index is -2.51. The lowest BCUT2D eigenvalue weighted by Gasteiger charge is -2.44. The van der Waals surface area contributed by atoms with Gasteiger partial charge in [-0.3, -0.25) is 4.98 Å². The van der Waals surface area contributed by atoms with E-state index in [0.29, 0.717) is 43.8 Å². The molecule has 4 aromatic rings. The lowest BCUT2D eigenvalue weighted by molar-refractivity contribution is -0.0679. The molecule has 45 heavy (non-hydrogen) atoms. The number of rotatable bonds is 6. The van der Waals surface area contributed by atoms with Crippen LogP contribution in [0.15, 0.2) is 18.3 Å². The minimum Gasteiger partial charge on any atom is -0.463 e. The Morgan fingerprint density at radius 3 is 2.67 bits per heavy atom. The highest BCUT2D eigenvalue weighted by Gasteiger charge is 2.44. The van der Waals surface area contributed by atoms with E-state index in [9.17, 15) is 18.4 Å². The Kier molecular flexibility index (Phi) is 7.45. The standard InChI is InChI=1S/C31H32F4N8OS/c1-31(13-42(2)8-7-20(31)27(34)35)14-44-30-40-25-19(29(41-30)43-11-15-3-4-16(12-43)39-15)10-38-24(23(25)33)17-5-6-21(32)26-22(17)18(9-36)28(37)45-26/h5-6,10,15-16,20,27,39H,3-4,7-8,11-14,37H2,1-2H3/t15-,16+,20-,31+/m1/s1. The number of hydrogen-bond donors (Lipinski definition) is 2. The molecule has 0 aliphatic carbocycles. The Morgan fingerprint density at radius 2 is 1.96 bits per heavy atom.